The Kier molecular flexibility index (Phi) is 4.84. The second-order valence-corrected chi connectivity index (χ2v) is 5.11. The van der Waals surface area contributed by atoms with Crippen LogP contribution in [0.15, 0.2) is 24.3 Å². The molecule has 5 nitrogen and oxygen atoms in total. The largest absolute Gasteiger partial charge is 0.486 e. The van der Waals surface area contributed by atoms with Gasteiger partial charge >= 0.3 is 0 Å². The highest BCUT2D eigenvalue weighted by Gasteiger charge is 2.25. The molecule has 110 valence electrons. The lowest BCUT2D eigenvalue weighted by atomic mass is 10.1. The van der Waals surface area contributed by atoms with Crippen molar-refractivity contribution in [3.05, 3.63) is 24.3 Å². The highest BCUT2D eigenvalue weighted by molar-refractivity contribution is 5.81. The van der Waals surface area contributed by atoms with Crippen molar-refractivity contribution < 1.29 is 14.3 Å². The number of carbonyl (C=O) groups is 1. The Balaban J connectivity index is 1.90. The number of nitrogens with zero attached hydrogens (tertiary/aromatic N) is 1. The summed E-state index contributed by atoms with van der Waals surface area (Å²) in [6.45, 7) is 2.93. The highest BCUT2D eigenvalue weighted by atomic mass is 16.6. The number of ether oxygens (including phenoxy) is 2. The molecule has 1 amide bonds. The van der Waals surface area contributed by atoms with Crippen LogP contribution in [-0.4, -0.2) is 43.2 Å². The van der Waals surface area contributed by atoms with Gasteiger partial charge in [-0.05, 0) is 18.6 Å². The lowest BCUT2D eigenvalue weighted by molar-refractivity contribution is -0.132. The summed E-state index contributed by atoms with van der Waals surface area (Å²) >= 11 is 0. The first-order valence-electron chi connectivity index (χ1n) is 7.01. The number of nitrogens with two attached hydrogens (primary N) is 1. The minimum atomic E-state index is -0.429. The number of hydrogen-bond donors (Lipinski definition) is 1. The van der Waals surface area contributed by atoms with Gasteiger partial charge in [0, 0.05) is 7.05 Å². The van der Waals surface area contributed by atoms with Crippen molar-refractivity contribution in [1.82, 2.24) is 4.90 Å². The molecular weight excluding hydrogens is 256 g/mol. The van der Waals surface area contributed by atoms with Gasteiger partial charge in [0.15, 0.2) is 17.6 Å². The van der Waals surface area contributed by atoms with Gasteiger partial charge < -0.3 is 20.1 Å². The molecule has 0 bridgehead atoms. The molecule has 5 heteroatoms. The average molecular weight is 278 g/mol. The third-order valence-corrected chi connectivity index (χ3v) is 3.34. The maximum Gasteiger partial charge on any atom is 0.239 e. The number of rotatable bonds is 5. The Bertz CT molecular complexity index is 464. The molecule has 2 rings (SSSR count). The van der Waals surface area contributed by atoms with Crippen molar-refractivity contribution in [2.45, 2.75) is 31.9 Å². The van der Waals surface area contributed by atoms with Crippen LogP contribution in [0.5, 0.6) is 11.5 Å². The van der Waals surface area contributed by atoms with E-state index in [4.69, 9.17) is 15.2 Å². The van der Waals surface area contributed by atoms with Crippen LogP contribution in [0.4, 0.5) is 0 Å². The maximum absolute atomic E-state index is 12.1. The fraction of sp³-hybridized carbons (Fsp3) is 0.533. The predicted molar refractivity (Wildman–Crippen MR) is 76.9 cm³/mol. The quantitative estimate of drug-likeness (QED) is 0.884. The third-order valence-electron chi connectivity index (χ3n) is 3.34. The zero-order chi connectivity index (χ0) is 14.5. The maximum atomic E-state index is 12.1. The Morgan fingerprint density at radius 3 is 2.85 bits per heavy atom. The summed E-state index contributed by atoms with van der Waals surface area (Å²) in [4.78, 5) is 13.7. The van der Waals surface area contributed by atoms with Crippen LogP contribution in [0, 0.1) is 0 Å². The van der Waals surface area contributed by atoms with E-state index in [-0.39, 0.29) is 12.0 Å². The Labute approximate surface area is 119 Å². The number of fused-ring (bicyclic) bond motifs is 1. The standard InChI is InChI=1S/C15H22N2O3/c1-3-6-12(16)15(18)17(2)9-11-10-19-13-7-4-5-8-14(13)20-11/h4-5,7-8,11-12H,3,6,9-10,16H2,1-2H3/t11?,12-/m0/s1. The van der Waals surface area contributed by atoms with Crippen molar-refractivity contribution in [1.29, 1.82) is 0 Å². The first-order chi connectivity index (χ1) is 9.61. The van der Waals surface area contributed by atoms with E-state index in [1.807, 2.05) is 31.2 Å². The number of hydrogen-bond acceptors (Lipinski definition) is 4. The molecule has 1 unspecified atom stereocenters. The fourth-order valence-corrected chi connectivity index (χ4v) is 2.27. The van der Waals surface area contributed by atoms with E-state index in [9.17, 15) is 4.79 Å². The summed E-state index contributed by atoms with van der Waals surface area (Å²) in [7, 11) is 1.75. The molecule has 0 fully saturated rings. The van der Waals surface area contributed by atoms with Crippen molar-refractivity contribution in [2.24, 2.45) is 5.73 Å². The summed E-state index contributed by atoms with van der Waals surface area (Å²) in [5, 5.41) is 0. The van der Waals surface area contributed by atoms with Gasteiger partial charge in [-0.15, -0.1) is 0 Å². The van der Waals surface area contributed by atoms with Crippen LogP contribution in [0.3, 0.4) is 0 Å². The molecule has 0 spiro atoms. The van der Waals surface area contributed by atoms with E-state index in [0.29, 0.717) is 19.6 Å². The van der Waals surface area contributed by atoms with Crippen LogP contribution >= 0.6 is 0 Å². The van der Waals surface area contributed by atoms with Gasteiger partial charge in [-0.1, -0.05) is 25.5 Å². The minimum Gasteiger partial charge on any atom is -0.486 e. The SMILES string of the molecule is CCC[C@H](N)C(=O)N(C)CC1COc2ccccc2O1. The second kappa shape index (κ2) is 6.61. The number of likely N-dealkylation sites (N-methyl/N-ethyl adjacent to an activating group) is 1. The summed E-state index contributed by atoms with van der Waals surface area (Å²) in [6.07, 6.45) is 1.44. The third kappa shape index (κ3) is 3.42. The summed E-state index contributed by atoms with van der Waals surface area (Å²) < 4.78 is 11.5. The summed E-state index contributed by atoms with van der Waals surface area (Å²) in [5.41, 5.74) is 5.85. The molecular formula is C15H22N2O3. The number of carbonyl (C=O) groups excluding carboxylic acids is 1. The highest BCUT2D eigenvalue weighted by Crippen LogP contribution is 2.30. The molecule has 0 radical (unpaired) electrons. The van der Waals surface area contributed by atoms with E-state index >= 15 is 0 Å². The Hall–Kier alpha value is -1.75. The van der Waals surface area contributed by atoms with Gasteiger partial charge in [0.2, 0.25) is 5.91 Å². The number of benzene rings is 1. The van der Waals surface area contributed by atoms with E-state index in [2.05, 4.69) is 0 Å². The van der Waals surface area contributed by atoms with E-state index in [1.54, 1.807) is 11.9 Å². The van der Waals surface area contributed by atoms with Crippen molar-refractivity contribution >= 4 is 5.91 Å². The van der Waals surface area contributed by atoms with E-state index in [0.717, 1.165) is 17.9 Å². The van der Waals surface area contributed by atoms with Gasteiger partial charge in [0.05, 0.1) is 12.6 Å². The molecule has 1 aliphatic heterocycles. The second-order valence-electron chi connectivity index (χ2n) is 5.11. The van der Waals surface area contributed by atoms with Gasteiger partial charge in [-0.25, -0.2) is 0 Å². The molecule has 0 saturated heterocycles. The molecule has 1 aromatic rings. The zero-order valence-electron chi connectivity index (χ0n) is 12.0. The normalized spacial score (nSPS) is 18.4. The average Bonchev–Trinajstić information content (AvgIpc) is 2.46. The minimum absolute atomic E-state index is 0.0469. The van der Waals surface area contributed by atoms with Crippen LogP contribution < -0.4 is 15.2 Å². The van der Waals surface area contributed by atoms with Gasteiger partial charge in [0.25, 0.3) is 0 Å². The van der Waals surface area contributed by atoms with Crippen LogP contribution in [0.1, 0.15) is 19.8 Å². The van der Waals surface area contributed by atoms with Crippen molar-refractivity contribution in [3.63, 3.8) is 0 Å². The molecule has 0 aromatic heterocycles. The smallest absolute Gasteiger partial charge is 0.239 e. The summed E-state index contributed by atoms with van der Waals surface area (Å²) in [6, 6.07) is 7.12. The molecule has 2 N–H and O–H groups in total. The predicted octanol–water partition coefficient (Wildman–Crippen LogP) is 1.41. The van der Waals surface area contributed by atoms with Crippen LogP contribution in [0.2, 0.25) is 0 Å². The summed E-state index contributed by atoms with van der Waals surface area (Å²) in [5.74, 6) is 1.43. The van der Waals surface area contributed by atoms with Gasteiger partial charge in [-0.2, -0.15) is 0 Å². The molecule has 0 aliphatic carbocycles. The van der Waals surface area contributed by atoms with Crippen molar-refractivity contribution in [3.8, 4) is 11.5 Å². The monoisotopic (exact) mass is 278 g/mol. The van der Waals surface area contributed by atoms with Crippen LogP contribution in [-0.2, 0) is 4.79 Å². The lowest BCUT2D eigenvalue weighted by Crippen LogP contribution is -2.47. The lowest BCUT2D eigenvalue weighted by Gasteiger charge is -2.30. The van der Waals surface area contributed by atoms with E-state index in [1.165, 1.54) is 0 Å². The zero-order valence-corrected chi connectivity index (χ0v) is 12.0. The first-order valence-corrected chi connectivity index (χ1v) is 7.01. The number of para-hydroxylation sites is 2. The molecule has 1 aliphatic rings. The molecule has 20 heavy (non-hydrogen) atoms. The topological polar surface area (TPSA) is 64.8 Å². The molecule has 1 aromatic carbocycles. The van der Waals surface area contributed by atoms with Gasteiger partial charge in [0.1, 0.15) is 6.61 Å². The Morgan fingerprint density at radius 2 is 2.15 bits per heavy atom. The van der Waals surface area contributed by atoms with E-state index < -0.39 is 6.04 Å². The molecule has 1 heterocycles. The van der Waals surface area contributed by atoms with Crippen molar-refractivity contribution in [2.75, 3.05) is 20.2 Å². The molecule has 0 saturated carbocycles. The first kappa shape index (κ1) is 14.7. The number of amides is 1. The fourth-order valence-electron chi connectivity index (χ4n) is 2.27. The Morgan fingerprint density at radius 1 is 1.45 bits per heavy atom. The molecule has 2 atom stereocenters. The van der Waals surface area contributed by atoms with Gasteiger partial charge in [-0.3, -0.25) is 4.79 Å². The van der Waals surface area contributed by atoms with Crippen LogP contribution in [0.25, 0.3) is 0 Å².